The normalized spacial score (nSPS) is 10.0. The van der Waals surface area contributed by atoms with E-state index in [1.165, 1.54) is 0 Å². The molecule has 1 aromatic heterocycles. The van der Waals surface area contributed by atoms with E-state index in [1.807, 2.05) is 18.2 Å². The van der Waals surface area contributed by atoms with Gasteiger partial charge < -0.3 is 16.2 Å². The average Bonchev–Trinajstić information content (AvgIpc) is 2.38. The molecule has 92 valence electrons. The summed E-state index contributed by atoms with van der Waals surface area (Å²) in [7, 11) is 0. The highest BCUT2D eigenvalue weighted by Crippen LogP contribution is 2.26. The second kappa shape index (κ2) is 5.18. The molecule has 0 saturated carbocycles. The summed E-state index contributed by atoms with van der Waals surface area (Å²) in [5.41, 5.74) is 12.4. The Labute approximate surface area is 104 Å². The SMILES string of the molecule is NC(=O)c1cccc(N)c1OCc1ccccn1. The molecule has 0 aliphatic heterocycles. The number of nitrogen functional groups attached to an aromatic ring is 1. The van der Waals surface area contributed by atoms with Crippen LogP contribution in [0.2, 0.25) is 0 Å². The van der Waals surface area contributed by atoms with E-state index in [1.54, 1.807) is 24.4 Å². The Hall–Kier alpha value is -2.56. The van der Waals surface area contributed by atoms with Gasteiger partial charge in [-0.25, -0.2) is 0 Å². The minimum absolute atomic E-state index is 0.231. The van der Waals surface area contributed by atoms with Crippen molar-refractivity contribution in [2.45, 2.75) is 6.61 Å². The number of anilines is 1. The van der Waals surface area contributed by atoms with E-state index < -0.39 is 5.91 Å². The molecular formula is C13H13N3O2. The van der Waals surface area contributed by atoms with Crippen molar-refractivity contribution in [3.05, 3.63) is 53.9 Å². The smallest absolute Gasteiger partial charge is 0.252 e. The minimum Gasteiger partial charge on any atom is -0.484 e. The third-order valence-electron chi connectivity index (χ3n) is 2.40. The van der Waals surface area contributed by atoms with Crippen LogP contribution in [0.15, 0.2) is 42.6 Å². The molecule has 5 heteroatoms. The fourth-order valence-electron chi connectivity index (χ4n) is 1.54. The standard InChI is InChI=1S/C13H13N3O2/c14-11-6-3-5-10(13(15)17)12(11)18-8-9-4-1-2-7-16-9/h1-7H,8,14H2,(H2,15,17). The zero-order valence-corrected chi connectivity index (χ0v) is 9.67. The van der Waals surface area contributed by atoms with Crippen LogP contribution in [0.3, 0.4) is 0 Å². The molecule has 0 atom stereocenters. The van der Waals surface area contributed by atoms with Crippen LogP contribution >= 0.6 is 0 Å². The van der Waals surface area contributed by atoms with Gasteiger partial charge in [0.05, 0.1) is 16.9 Å². The first-order valence-corrected chi connectivity index (χ1v) is 5.39. The second-order valence-corrected chi connectivity index (χ2v) is 3.70. The van der Waals surface area contributed by atoms with E-state index in [4.69, 9.17) is 16.2 Å². The summed E-state index contributed by atoms with van der Waals surface area (Å²) in [4.78, 5) is 15.4. The van der Waals surface area contributed by atoms with Crippen molar-refractivity contribution in [2.75, 3.05) is 5.73 Å². The minimum atomic E-state index is -0.571. The molecule has 0 unspecified atom stereocenters. The summed E-state index contributed by atoms with van der Waals surface area (Å²) in [5.74, 6) is -0.269. The molecule has 0 fully saturated rings. The third kappa shape index (κ3) is 2.57. The molecule has 0 saturated heterocycles. The van der Waals surface area contributed by atoms with Gasteiger partial charge in [0.2, 0.25) is 0 Å². The highest BCUT2D eigenvalue weighted by molar-refractivity contribution is 5.97. The van der Waals surface area contributed by atoms with Crippen LogP contribution < -0.4 is 16.2 Å². The second-order valence-electron chi connectivity index (χ2n) is 3.70. The van der Waals surface area contributed by atoms with Gasteiger partial charge in [-0.1, -0.05) is 12.1 Å². The first-order valence-electron chi connectivity index (χ1n) is 5.39. The Morgan fingerprint density at radius 2 is 2.06 bits per heavy atom. The number of ether oxygens (including phenoxy) is 1. The number of pyridine rings is 1. The van der Waals surface area contributed by atoms with Gasteiger partial charge in [0, 0.05) is 6.20 Å². The van der Waals surface area contributed by atoms with Crippen LogP contribution in [0.1, 0.15) is 16.1 Å². The molecule has 1 aromatic carbocycles. The van der Waals surface area contributed by atoms with Gasteiger partial charge in [-0.3, -0.25) is 9.78 Å². The number of carbonyl (C=O) groups is 1. The number of amides is 1. The van der Waals surface area contributed by atoms with Crippen molar-refractivity contribution >= 4 is 11.6 Å². The average molecular weight is 243 g/mol. The van der Waals surface area contributed by atoms with Crippen molar-refractivity contribution in [2.24, 2.45) is 5.73 Å². The van der Waals surface area contributed by atoms with E-state index in [2.05, 4.69) is 4.98 Å². The molecule has 0 radical (unpaired) electrons. The molecule has 0 aliphatic rings. The van der Waals surface area contributed by atoms with E-state index >= 15 is 0 Å². The fraction of sp³-hybridized carbons (Fsp3) is 0.0769. The maximum absolute atomic E-state index is 11.3. The molecule has 0 aliphatic carbocycles. The van der Waals surface area contributed by atoms with Crippen LogP contribution in [0.25, 0.3) is 0 Å². The quantitative estimate of drug-likeness (QED) is 0.793. The fourth-order valence-corrected chi connectivity index (χ4v) is 1.54. The topological polar surface area (TPSA) is 91.2 Å². The summed E-state index contributed by atoms with van der Waals surface area (Å²) in [6.07, 6.45) is 1.67. The molecule has 5 nitrogen and oxygen atoms in total. The number of nitrogens with two attached hydrogens (primary N) is 2. The zero-order chi connectivity index (χ0) is 13.0. The molecular weight excluding hydrogens is 230 g/mol. The van der Waals surface area contributed by atoms with E-state index in [9.17, 15) is 4.79 Å². The zero-order valence-electron chi connectivity index (χ0n) is 9.67. The number of nitrogens with zero attached hydrogens (tertiary/aromatic N) is 1. The number of primary amides is 1. The van der Waals surface area contributed by atoms with Crippen LogP contribution in [0.4, 0.5) is 5.69 Å². The van der Waals surface area contributed by atoms with Gasteiger partial charge in [-0.2, -0.15) is 0 Å². The van der Waals surface area contributed by atoms with E-state index in [-0.39, 0.29) is 12.2 Å². The number of aromatic nitrogens is 1. The lowest BCUT2D eigenvalue weighted by molar-refractivity contribution is 0.0996. The summed E-state index contributed by atoms with van der Waals surface area (Å²) >= 11 is 0. The van der Waals surface area contributed by atoms with Crippen molar-refractivity contribution < 1.29 is 9.53 Å². The lowest BCUT2D eigenvalue weighted by atomic mass is 10.1. The Balaban J connectivity index is 2.21. The molecule has 2 aromatic rings. The summed E-state index contributed by atoms with van der Waals surface area (Å²) in [6.45, 7) is 0.231. The van der Waals surface area contributed by atoms with Crippen LogP contribution in [0, 0.1) is 0 Å². The molecule has 18 heavy (non-hydrogen) atoms. The Bertz CT molecular complexity index is 555. The molecule has 4 N–H and O–H groups in total. The summed E-state index contributed by atoms with van der Waals surface area (Å²) in [5, 5.41) is 0. The first kappa shape index (κ1) is 11.9. The number of para-hydroxylation sites is 1. The number of carbonyl (C=O) groups excluding carboxylic acids is 1. The van der Waals surface area contributed by atoms with Crippen molar-refractivity contribution in [3.63, 3.8) is 0 Å². The molecule has 2 rings (SSSR count). The van der Waals surface area contributed by atoms with Gasteiger partial charge >= 0.3 is 0 Å². The van der Waals surface area contributed by atoms with E-state index in [0.717, 1.165) is 5.69 Å². The lowest BCUT2D eigenvalue weighted by Crippen LogP contribution is -2.14. The molecule has 1 amide bonds. The number of hydrogen-bond acceptors (Lipinski definition) is 4. The largest absolute Gasteiger partial charge is 0.484 e. The number of rotatable bonds is 4. The van der Waals surface area contributed by atoms with Gasteiger partial charge in [-0.15, -0.1) is 0 Å². The van der Waals surface area contributed by atoms with Gasteiger partial charge in [0.1, 0.15) is 6.61 Å². The number of hydrogen-bond donors (Lipinski definition) is 2. The Kier molecular flexibility index (Phi) is 3.43. The Morgan fingerprint density at radius 3 is 2.72 bits per heavy atom. The summed E-state index contributed by atoms with van der Waals surface area (Å²) in [6, 6.07) is 10.4. The van der Waals surface area contributed by atoms with Crippen LogP contribution in [-0.4, -0.2) is 10.9 Å². The first-order chi connectivity index (χ1) is 8.68. The van der Waals surface area contributed by atoms with Gasteiger partial charge in [0.25, 0.3) is 5.91 Å². The third-order valence-corrected chi connectivity index (χ3v) is 2.40. The highest BCUT2D eigenvalue weighted by Gasteiger charge is 2.12. The van der Waals surface area contributed by atoms with E-state index in [0.29, 0.717) is 11.4 Å². The molecule has 1 heterocycles. The summed E-state index contributed by atoms with van der Waals surface area (Å²) < 4.78 is 5.53. The maximum atomic E-state index is 11.3. The Morgan fingerprint density at radius 1 is 1.22 bits per heavy atom. The van der Waals surface area contributed by atoms with Crippen molar-refractivity contribution in [3.8, 4) is 5.75 Å². The monoisotopic (exact) mass is 243 g/mol. The van der Waals surface area contributed by atoms with Crippen molar-refractivity contribution in [1.29, 1.82) is 0 Å². The predicted octanol–water partition coefficient (Wildman–Crippen LogP) is 1.34. The molecule has 0 spiro atoms. The number of benzene rings is 1. The van der Waals surface area contributed by atoms with Crippen LogP contribution in [-0.2, 0) is 6.61 Å². The highest BCUT2D eigenvalue weighted by atomic mass is 16.5. The van der Waals surface area contributed by atoms with Crippen molar-refractivity contribution in [1.82, 2.24) is 4.98 Å². The van der Waals surface area contributed by atoms with Crippen LogP contribution in [0.5, 0.6) is 5.75 Å². The predicted molar refractivity (Wildman–Crippen MR) is 67.9 cm³/mol. The van der Waals surface area contributed by atoms with Gasteiger partial charge in [-0.05, 0) is 24.3 Å². The molecule has 0 bridgehead atoms. The lowest BCUT2D eigenvalue weighted by Gasteiger charge is -2.11. The maximum Gasteiger partial charge on any atom is 0.252 e. The van der Waals surface area contributed by atoms with Gasteiger partial charge in [0.15, 0.2) is 5.75 Å².